The molecule has 3 rings (SSSR count). The Balaban J connectivity index is 1.46. The molecule has 0 aliphatic carbocycles. The highest BCUT2D eigenvalue weighted by Crippen LogP contribution is 2.11. The van der Waals surface area contributed by atoms with E-state index in [-0.39, 0.29) is 11.9 Å². The van der Waals surface area contributed by atoms with Crippen LogP contribution in [0.5, 0.6) is 0 Å². The van der Waals surface area contributed by atoms with Crippen molar-refractivity contribution in [2.45, 2.75) is 38.9 Å². The Morgan fingerprint density at radius 2 is 2.41 bits per heavy atom. The number of aryl methyl sites for hydroxylation is 2. The Morgan fingerprint density at radius 1 is 1.55 bits per heavy atom. The Labute approximate surface area is 129 Å². The quantitative estimate of drug-likeness (QED) is 0.882. The Morgan fingerprint density at radius 3 is 3.18 bits per heavy atom. The molecule has 0 spiro atoms. The van der Waals surface area contributed by atoms with Crippen LogP contribution < -0.4 is 5.32 Å². The third-order valence-electron chi connectivity index (χ3n) is 3.96. The van der Waals surface area contributed by atoms with Gasteiger partial charge in [-0.1, -0.05) is 0 Å². The van der Waals surface area contributed by atoms with Gasteiger partial charge in [-0.15, -0.1) is 0 Å². The molecule has 118 valence electrons. The summed E-state index contributed by atoms with van der Waals surface area (Å²) in [5.41, 5.74) is 0. The molecular weight excluding hydrogens is 282 g/mol. The number of carbonyl (C=O) groups excluding carboxylic acids is 1. The van der Waals surface area contributed by atoms with E-state index in [2.05, 4.69) is 15.4 Å². The number of rotatable bonds is 5. The molecule has 0 aromatic carbocycles. The summed E-state index contributed by atoms with van der Waals surface area (Å²) in [6, 6.07) is 4.07. The maximum absolute atomic E-state index is 12.2. The van der Waals surface area contributed by atoms with Crippen molar-refractivity contribution in [2.75, 3.05) is 13.6 Å². The lowest BCUT2D eigenvalue weighted by Crippen LogP contribution is -2.43. The van der Waals surface area contributed by atoms with Gasteiger partial charge in [0.2, 0.25) is 5.91 Å². The number of nitrogens with one attached hydrogen (secondary N) is 1. The molecule has 0 radical (unpaired) electrons. The zero-order valence-corrected chi connectivity index (χ0v) is 13.0. The fourth-order valence-corrected chi connectivity index (χ4v) is 2.66. The van der Waals surface area contributed by atoms with Crippen LogP contribution in [0.4, 0.5) is 0 Å². The van der Waals surface area contributed by atoms with Crippen LogP contribution in [0.15, 0.2) is 22.9 Å². The molecule has 2 aromatic rings. The van der Waals surface area contributed by atoms with Crippen LogP contribution in [0, 0.1) is 6.92 Å². The van der Waals surface area contributed by atoms with Crippen molar-refractivity contribution < 1.29 is 9.21 Å². The molecule has 0 bridgehead atoms. The zero-order valence-electron chi connectivity index (χ0n) is 13.0. The molecule has 2 aromatic heterocycles. The molecule has 3 heterocycles. The average molecular weight is 303 g/mol. The molecule has 1 unspecified atom stereocenters. The van der Waals surface area contributed by atoms with Gasteiger partial charge in [0.1, 0.15) is 23.7 Å². The van der Waals surface area contributed by atoms with E-state index in [4.69, 9.17) is 4.42 Å². The van der Waals surface area contributed by atoms with Crippen LogP contribution in [0.25, 0.3) is 0 Å². The van der Waals surface area contributed by atoms with Crippen molar-refractivity contribution >= 4 is 5.91 Å². The lowest BCUT2D eigenvalue weighted by atomic mass is 10.1. The van der Waals surface area contributed by atoms with Crippen molar-refractivity contribution in [3.05, 3.63) is 35.8 Å². The molecule has 0 fully saturated rings. The van der Waals surface area contributed by atoms with Gasteiger partial charge in [0.05, 0.1) is 19.6 Å². The van der Waals surface area contributed by atoms with Gasteiger partial charge in [-0.05, 0) is 25.5 Å². The van der Waals surface area contributed by atoms with E-state index in [1.165, 1.54) is 0 Å². The molecule has 1 N–H and O–H groups in total. The first-order valence-corrected chi connectivity index (χ1v) is 7.51. The number of hydrogen-bond acceptors (Lipinski definition) is 5. The van der Waals surface area contributed by atoms with Crippen LogP contribution >= 0.6 is 0 Å². The molecule has 1 aliphatic rings. The van der Waals surface area contributed by atoms with Crippen molar-refractivity contribution in [3.63, 3.8) is 0 Å². The molecule has 22 heavy (non-hydrogen) atoms. The van der Waals surface area contributed by atoms with E-state index >= 15 is 0 Å². The summed E-state index contributed by atoms with van der Waals surface area (Å²) in [6.07, 6.45) is 3.46. The zero-order chi connectivity index (χ0) is 15.5. The number of aromatic nitrogens is 3. The number of fused-ring (bicyclic) bond motifs is 1. The third-order valence-corrected chi connectivity index (χ3v) is 3.96. The van der Waals surface area contributed by atoms with Crippen LogP contribution in [0.1, 0.15) is 23.8 Å². The summed E-state index contributed by atoms with van der Waals surface area (Å²) >= 11 is 0. The van der Waals surface area contributed by atoms with Crippen LogP contribution in [-0.4, -0.2) is 45.2 Å². The first kappa shape index (κ1) is 14.8. The second kappa shape index (κ2) is 6.31. The van der Waals surface area contributed by atoms with E-state index in [1.807, 2.05) is 23.7 Å². The average Bonchev–Trinajstić information content (AvgIpc) is 3.12. The number of nitrogens with zero attached hydrogens (tertiary/aromatic N) is 4. The summed E-state index contributed by atoms with van der Waals surface area (Å²) in [4.78, 5) is 18.1. The van der Waals surface area contributed by atoms with E-state index in [0.717, 1.165) is 36.7 Å². The summed E-state index contributed by atoms with van der Waals surface area (Å²) in [7, 11) is 1.79. The van der Waals surface area contributed by atoms with Gasteiger partial charge in [0.25, 0.3) is 0 Å². The van der Waals surface area contributed by atoms with Crippen LogP contribution in [0.2, 0.25) is 0 Å². The summed E-state index contributed by atoms with van der Waals surface area (Å²) < 4.78 is 7.40. The second-order valence-electron chi connectivity index (χ2n) is 5.74. The number of furan rings is 1. The molecule has 1 aliphatic heterocycles. The van der Waals surface area contributed by atoms with E-state index < -0.39 is 0 Å². The maximum Gasteiger partial charge on any atom is 0.236 e. The second-order valence-corrected chi connectivity index (χ2v) is 5.74. The third kappa shape index (κ3) is 3.36. The molecule has 1 atom stereocenters. The van der Waals surface area contributed by atoms with E-state index in [1.54, 1.807) is 18.3 Å². The topological polar surface area (TPSA) is 76.2 Å². The van der Waals surface area contributed by atoms with Crippen molar-refractivity contribution in [1.29, 1.82) is 0 Å². The number of likely N-dealkylation sites (N-methyl/N-ethyl adjacent to an activating group) is 1. The molecule has 0 saturated heterocycles. The summed E-state index contributed by atoms with van der Waals surface area (Å²) in [5.74, 6) is 2.74. The number of amides is 1. The highest BCUT2D eigenvalue weighted by Gasteiger charge is 2.20. The highest BCUT2D eigenvalue weighted by atomic mass is 16.3. The fourth-order valence-electron chi connectivity index (χ4n) is 2.66. The SMILES string of the molecule is Cc1ccc(CN(C)C(=O)CNC2CCc3ncnn3C2)o1. The predicted molar refractivity (Wildman–Crippen MR) is 80.1 cm³/mol. The smallest absolute Gasteiger partial charge is 0.236 e. The maximum atomic E-state index is 12.2. The lowest BCUT2D eigenvalue weighted by Gasteiger charge is -2.24. The normalized spacial score (nSPS) is 17.3. The standard InChI is InChI=1S/C15H21N5O2/c1-11-3-5-13(22-11)9-19(2)15(21)7-16-12-4-6-14-17-10-18-20(14)8-12/h3,5,10,12,16H,4,6-9H2,1-2H3. The Bertz CT molecular complexity index is 648. The molecule has 7 heteroatoms. The molecular formula is C15H21N5O2. The summed E-state index contributed by atoms with van der Waals surface area (Å²) in [5, 5.41) is 7.50. The van der Waals surface area contributed by atoms with Crippen molar-refractivity contribution in [1.82, 2.24) is 25.0 Å². The van der Waals surface area contributed by atoms with Gasteiger partial charge in [0.15, 0.2) is 0 Å². The van der Waals surface area contributed by atoms with Gasteiger partial charge >= 0.3 is 0 Å². The van der Waals surface area contributed by atoms with Gasteiger partial charge in [-0.3, -0.25) is 4.79 Å². The Kier molecular flexibility index (Phi) is 4.24. The van der Waals surface area contributed by atoms with E-state index in [9.17, 15) is 4.79 Å². The van der Waals surface area contributed by atoms with Crippen LogP contribution in [-0.2, 0) is 24.3 Å². The summed E-state index contributed by atoms with van der Waals surface area (Å²) in [6.45, 7) is 3.48. The molecule has 0 saturated carbocycles. The minimum absolute atomic E-state index is 0.0541. The van der Waals surface area contributed by atoms with Crippen molar-refractivity contribution in [3.8, 4) is 0 Å². The number of carbonyl (C=O) groups is 1. The monoisotopic (exact) mass is 303 g/mol. The van der Waals surface area contributed by atoms with Gasteiger partial charge < -0.3 is 14.6 Å². The van der Waals surface area contributed by atoms with Gasteiger partial charge in [-0.25, -0.2) is 9.67 Å². The molecule has 1 amide bonds. The van der Waals surface area contributed by atoms with Gasteiger partial charge in [0, 0.05) is 19.5 Å². The number of hydrogen-bond donors (Lipinski definition) is 1. The van der Waals surface area contributed by atoms with Gasteiger partial charge in [-0.2, -0.15) is 5.10 Å². The fraction of sp³-hybridized carbons (Fsp3) is 0.533. The van der Waals surface area contributed by atoms with E-state index in [0.29, 0.717) is 13.1 Å². The first-order chi connectivity index (χ1) is 10.6. The first-order valence-electron chi connectivity index (χ1n) is 7.51. The van der Waals surface area contributed by atoms with Crippen LogP contribution in [0.3, 0.4) is 0 Å². The molecule has 7 nitrogen and oxygen atoms in total. The highest BCUT2D eigenvalue weighted by molar-refractivity contribution is 5.77. The minimum atomic E-state index is 0.0541. The Hall–Kier alpha value is -2.15. The van der Waals surface area contributed by atoms with Crippen molar-refractivity contribution in [2.24, 2.45) is 0 Å². The lowest BCUT2D eigenvalue weighted by molar-refractivity contribution is -0.129. The largest absolute Gasteiger partial charge is 0.464 e. The predicted octanol–water partition coefficient (Wildman–Crippen LogP) is 0.743. The minimum Gasteiger partial charge on any atom is -0.464 e.